The summed E-state index contributed by atoms with van der Waals surface area (Å²) >= 11 is 0. The van der Waals surface area contributed by atoms with E-state index in [0.717, 1.165) is 18.1 Å². The molecule has 7 heteroatoms. The van der Waals surface area contributed by atoms with Gasteiger partial charge in [0.2, 0.25) is 0 Å². The topological polar surface area (TPSA) is 74.1 Å². The highest BCUT2D eigenvalue weighted by Gasteiger charge is 2.02. The fourth-order valence-electron chi connectivity index (χ4n) is 1.58. The van der Waals surface area contributed by atoms with Gasteiger partial charge in [0.05, 0.1) is 18.5 Å². The van der Waals surface area contributed by atoms with Gasteiger partial charge in [0.1, 0.15) is 18.7 Å². The summed E-state index contributed by atoms with van der Waals surface area (Å²) < 4.78 is 12.4. The van der Waals surface area contributed by atoms with Gasteiger partial charge in [-0.3, -0.25) is 4.98 Å². The van der Waals surface area contributed by atoms with Gasteiger partial charge in [-0.05, 0) is 12.1 Å². The van der Waals surface area contributed by atoms with Crippen molar-refractivity contribution in [1.82, 2.24) is 25.1 Å². The molecule has 2 heterocycles. The van der Waals surface area contributed by atoms with Crippen LogP contribution in [0.5, 0.6) is 5.75 Å². The Kier molecular flexibility index (Phi) is 5.45. The van der Waals surface area contributed by atoms with Crippen molar-refractivity contribution >= 4 is 0 Å². The Labute approximate surface area is 118 Å². The van der Waals surface area contributed by atoms with E-state index >= 15 is 0 Å². The second kappa shape index (κ2) is 7.56. The van der Waals surface area contributed by atoms with Crippen LogP contribution in [0.3, 0.4) is 0 Å². The quantitative estimate of drug-likeness (QED) is 0.709. The lowest BCUT2D eigenvalue weighted by Gasteiger charge is -2.07. The number of nitrogens with zero attached hydrogens (tertiary/aromatic N) is 4. The summed E-state index contributed by atoms with van der Waals surface area (Å²) in [5, 5.41) is 11.0. The number of hydrogen-bond acceptors (Lipinski definition) is 6. The van der Waals surface area contributed by atoms with Crippen LogP contribution in [0, 0.1) is 0 Å². The molecule has 0 fully saturated rings. The van der Waals surface area contributed by atoms with Crippen LogP contribution in [0.1, 0.15) is 11.5 Å². The maximum Gasteiger partial charge on any atom is 0.170 e. The highest BCUT2D eigenvalue weighted by molar-refractivity contribution is 5.19. The van der Waals surface area contributed by atoms with Crippen molar-refractivity contribution in [2.75, 3.05) is 20.3 Å². The van der Waals surface area contributed by atoms with Crippen LogP contribution in [-0.2, 0) is 24.9 Å². The third-order valence-corrected chi connectivity index (χ3v) is 2.76. The minimum atomic E-state index is 0.379. The van der Waals surface area contributed by atoms with Gasteiger partial charge < -0.3 is 19.4 Å². The van der Waals surface area contributed by atoms with Crippen LogP contribution in [-0.4, -0.2) is 40.0 Å². The first-order valence-corrected chi connectivity index (χ1v) is 6.40. The average Bonchev–Trinajstić information content (AvgIpc) is 2.88. The van der Waals surface area contributed by atoms with Crippen molar-refractivity contribution in [2.24, 2.45) is 7.05 Å². The van der Waals surface area contributed by atoms with Gasteiger partial charge in [-0.15, -0.1) is 10.2 Å². The molecule has 0 saturated carbocycles. The summed E-state index contributed by atoms with van der Waals surface area (Å²) in [6.45, 7) is 2.60. The zero-order chi connectivity index (χ0) is 14.2. The molecule has 0 amide bonds. The molecule has 0 aliphatic heterocycles. The first kappa shape index (κ1) is 14.4. The molecule has 0 bridgehead atoms. The Morgan fingerprint density at radius 1 is 1.35 bits per heavy atom. The Morgan fingerprint density at radius 3 is 2.90 bits per heavy atom. The normalized spacial score (nSPS) is 10.7. The summed E-state index contributed by atoms with van der Waals surface area (Å²) in [6, 6.07) is 3.84. The predicted molar refractivity (Wildman–Crippen MR) is 73.2 cm³/mol. The van der Waals surface area contributed by atoms with Crippen LogP contribution in [0.15, 0.2) is 24.7 Å². The molecule has 0 aromatic carbocycles. The number of pyridine rings is 1. The SMILES string of the molecule is COCCNCc1ccc(OCc2nncn2C)cn1. The fourth-order valence-corrected chi connectivity index (χ4v) is 1.58. The Morgan fingerprint density at radius 2 is 2.25 bits per heavy atom. The zero-order valence-electron chi connectivity index (χ0n) is 11.7. The summed E-state index contributed by atoms with van der Waals surface area (Å²) in [6.07, 6.45) is 3.36. The molecule has 0 atom stereocenters. The summed E-state index contributed by atoms with van der Waals surface area (Å²) in [4.78, 5) is 4.33. The van der Waals surface area contributed by atoms with Gasteiger partial charge >= 0.3 is 0 Å². The van der Waals surface area contributed by atoms with Gasteiger partial charge in [-0.1, -0.05) is 0 Å². The predicted octanol–water partition coefficient (Wildman–Crippen LogP) is 0.525. The van der Waals surface area contributed by atoms with Crippen LogP contribution in [0.2, 0.25) is 0 Å². The van der Waals surface area contributed by atoms with E-state index in [4.69, 9.17) is 9.47 Å². The number of hydrogen-bond donors (Lipinski definition) is 1. The molecule has 2 rings (SSSR count). The number of ether oxygens (including phenoxy) is 2. The van der Waals surface area contributed by atoms with Crippen LogP contribution in [0.25, 0.3) is 0 Å². The third kappa shape index (κ3) is 4.29. The average molecular weight is 277 g/mol. The first-order chi connectivity index (χ1) is 9.79. The van der Waals surface area contributed by atoms with E-state index in [9.17, 15) is 0 Å². The lowest BCUT2D eigenvalue weighted by atomic mass is 10.3. The second-order valence-corrected chi connectivity index (χ2v) is 4.30. The van der Waals surface area contributed by atoms with E-state index in [1.807, 2.05) is 23.7 Å². The zero-order valence-corrected chi connectivity index (χ0v) is 11.7. The molecular formula is C13H19N5O2. The number of aryl methyl sites for hydroxylation is 1. The minimum absolute atomic E-state index is 0.379. The van der Waals surface area contributed by atoms with Crippen LogP contribution < -0.4 is 10.1 Å². The molecule has 0 radical (unpaired) electrons. The Balaban J connectivity index is 1.78. The fraction of sp³-hybridized carbons (Fsp3) is 0.462. The van der Waals surface area contributed by atoms with E-state index < -0.39 is 0 Å². The summed E-state index contributed by atoms with van der Waals surface area (Å²) in [5.41, 5.74) is 0.965. The number of aromatic nitrogens is 4. The molecule has 7 nitrogen and oxygen atoms in total. The number of rotatable bonds is 8. The summed E-state index contributed by atoms with van der Waals surface area (Å²) in [7, 11) is 3.56. The molecule has 0 unspecified atom stereocenters. The lowest BCUT2D eigenvalue weighted by molar-refractivity contribution is 0.199. The van der Waals surface area contributed by atoms with Gasteiger partial charge in [0.25, 0.3) is 0 Å². The van der Waals surface area contributed by atoms with Crippen molar-refractivity contribution in [3.63, 3.8) is 0 Å². The highest BCUT2D eigenvalue weighted by Crippen LogP contribution is 2.10. The Hall–Kier alpha value is -1.99. The number of nitrogens with one attached hydrogen (secondary N) is 1. The van der Waals surface area contributed by atoms with Gasteiger partial charge in [-0.2, -0.15) is 0 Å². The van der Waals surface area contributed by atoms with Crippen molar-refractivity contribution in [2.45, 2.75) is 13.2 Å². The van der Waals surface area contributed by atoms with Gasteiger partial charge in [0.15, 0.2) is 5.82 Å². The molecule has 2 aromatic rings. The van der Waals surface area contributed by atoms with Crippen molar-refractivity contribution in [1.29, 1.82) is 0 Å². The smallest absolute Gasteiger partial charge is 0.170 e. The maximum atomic E-state index is 5.60. The molecule has 1 N–H and O–H groups in total. The molecule has 0 aliphatic rings. The van der Waals surface area contributed by atoms with E-state index in [-0.39, 0.29) is 0 Å². The summed E-state index contributed by atoms with van der Waals surface area (Å²) in [5.74, 6) is 1.49. The van der Waals surface area contributed by atoms with Crippen molar-refractivity contribution in [3.05, 3.63) is 36.2 Å². The van der Waals surface area contributed by atoms with Crippen LogP contribution >= 0.6 is 0 Å². The molecule has 0 saturated heterocycles. The van der Waals surface area contributed by atoms with Gasteiger partial charge in [-0.25, -0.2) is 0 Å². The van der Waals surface area contributed by atoms with E-state index in [1.54, 1.807) is 19.6 Å². The van der Waals surface area contributed by atoms with Crippen LogP contribution in [0.4, 0.5) is 0 Å². The van der Waals surface area contributed by atoms with E-state index in [1.165, 1.54) is 0 Å². The first-order valence-electron chi connectivity index (χ1n) is 6.40. The number of methoxy groups -OCH3 is 1. The van der Waals surface area contributed by atoms with E-state index in [0.29, 0.717) is 25.5 Å². The highest BCUT2D eigenvalue weighted by atomic mass is 16.5. The minimum Gasteiger partial charge on any atom is -0.484 e. The Bertz CT molecular complexity index is 512. The third-order valence-electron chi connectivity index (χ3n) is 2.76. The molecule has 108 valence electrons. The lowest BCUT2D eigenvalue weighted by Crippen LogP contribution is -2.19. The largest absolute Gasteiger partial charge is 0.484 e. The molecule has 20 heavy (non-hydrogen) atoms. The molecule has 2 aromatic heterocycles. The van der Waals surface area contributed by atoms with Crippen molar-refractivity contribution < 1.29 is 9.47 Å². The monoisotopic (exact) mass is 277 g/mol. The standard InChI is InChI=1S/C13H19N5O2/c1-18-10-16-17-13(18)9-20-12-4-3-11(15-8-12)7-14-5-6-19-2/h3-4,8,10,14H,5-7,9H2,1-2H3. The second-order valence-electron chi connectivity index (χ2n) is 4.30. The molecular weight excluding hydrogens is 258 g/mol. The van der Waals surface area contributed by atoms with E-state index in [2.05, 4.69) is 20.5 Å². The maximum absolute atomic E-state index is 5.60. The molecule has 0 spiro atoms. The van der Waals surface area contributed by atoms with Gasteiger partial charge in [0, 0.05) is 27.2 Å². The molecule has 0 aliphatic carbocycles. The van der Waals surface area contributed by atoms with Crippen molar-refractivity contribution in [3.8, 4) is 5.75 Å².